The molecule has 2 heteroatoms. The summed E-state index contributed by atoms with van der Waals surface area (Å²) < 4.78 is 0. The second kappa shape index (κ2) is 6.31. The van der Waals surface area contributed by atoms with E-state index in [1.807, 2.05) is 18.2 Å². The van der Waals surface area contributed by atoms with Crippen molar-refractivity contribution in [2.24, 2.45) is 5.92 Å². The summed E-state index contributed by atoms with van der Waals surface area (Å²) in [5.41, 5.74) is 3.34. The van der Waals surface area contributed by atoms with Crippen molar-refractivity contribution in [3.05, 3.63) is 78.9 Å². The van der Waals surface area contributed by atoms with E-state index in [1.165, 1.54) is 0 Å². The van der Waals surface area contributed by atoms with Crippen molar-refractivity contribution in [2.45, 2.75) is 13.0 Å². The maximum absolute atomic E-state index is 3.56. The van der Waals surface area contributed by atoms with E-state index < -0.39 is 0 Å². The normalized spacial score (nSPS) is 20.2. The van der Waals surface area contributed by atoms with Gasteiger partial charge in [0, 0.05) is 17.1 Å². The first-order chi connectivity index (χ1) is 10.3. The van der Waals surface area contributed by atoms with Crippen LogP contribution in [-0.4, -0.2) is 6.04 Å². The topological polar surface area (TPSA) is 24.1 Å². The van der Waals surface area contributed by atoms with Gasteiger partial charge in [0.1, 0.15) is 0 Å². The van der Waals surface area contributed by atoms with Crippen LogP contribution in [0.5, 0.6) is 0 Å². The summed E-state index contributed by atoms with van der Waals surface area (Å²) in [6.45, 7) is 2.23. The Kier molecular flexibility index (Phi) is 4.06. The third kappa shape index (κ3) is 3.54. The molecule has 0 spiro atoms. The molecule has 1 aliphatic rings. The van der Waals surface area contributed by atoms with Gasteiger partial charge in [-0.3, -0.25) is 0 Å². The Morgan fingerprint density at radius 3 is 2.05 bits per heavy atom. The van der Waals surface area contributed by atoms with Crippen LogP contribution in [0.3, 0.4) is 0 Å². The largest absolute Gasteiger partial charge is 0.378 e. The monoisotopic (exact) mass is 276 g/mol. The molecule has 2 N–H and O–H groups in total. The summed E-state index contributed by atoms with van der Waals surface area (Å²) in [6, 6.07) is 19.0. The molecular formula is C19H20N2. The molecule has 0 aromatic heterocycles. The Labute approximate surface area is 126 Å². The van der Waals surface area contributed by atoms with E-state index in [0.717, 1.165) is 17.1 Å². The van der Waals surface area contributed by atoms with Crippen LogP contribution < -0.4 is 10.6 Å². The lowest BCUT2D eigenvalue weighted by Crippen LogP contribution is -2.25. The van der Waals surface area contributed by atoms with Crippen molar-refractivity contribution < 1.29 is 0 Å². The molecule has 21 heavy (non-hydrogen) atoms. The van der Waals surface area contributed by atoms with Crippen molar-refractivity contribution in [3.8, 4) is 0 Å². The maximum Gasteiger partial charge on any atom is 0.0507 e. The highest BCUT2D eigenvalue weighted by Gasteiger charge is 2.13. The second-order valence-corrected chi connectivity index (χ2v) is 5.37. The van der Waals surface area contributed by atoms with Gasteiger partial charge in [-0.1, -0.05) is 49.4 Å². The van der Waals surface area contributed by atoms with E-state index in [9.17, 15) is 0 Å². The summed E-state index contributed by atoms with van der Waals surface area (Å²) in [4.78, 5) is 0. The smallest absolute Gasteiger partial charge is 0.0507 e. The van der Waals surface area contributed by atoms with E-state index in [4.69, 9.17) is 0 Å². The van der Waals surface area contributed by atoms with Crippen LogP contribution in [0.25, 0.3) is 0 Å². The second-order valence-electron chi connectivity index (χ2n) is 5.37. The van der Waals surface area contributed by atoms with Crippen molar-refractivity contribution in [1.82, 2.24) is 0 Å². The molecule has 1 aliphatic carbocycles. The molecule has 0 saturated heterocycles. The molecule has 2 nitrogen and oxygen atoms in total. The summed E-state index contributed by atoms with van der Waals surface area (Å²) >= 11 is 0. The Morgan fingerprint density at radius 2 is 1.33 bits per heavy atom. The summed E-state index contributed by atoms with van der Waals surface area (Å²) in [5.74, 6) is 0.511. The van der Waals surface area contributed by atoms with Crippen LogP contribution in [0.4, 0.5) is 17.1 Å². The van der Waals surface area contributed by atoms with Crippen LogP contribution in [0, 0.1) is 5.92 Å². The molecule has 2 aromatic rings. The van der Waals surface area contributed by atoms with Crippen LogP contribution in [0.2, 0.25) is 0 Å². The fourth-order valence-electron chi connectivity index (χ4n) is 2.43. The molecule has 0 saturated carbocycles. The average molecular weight is 276 g/mol. The maximum atomic E-state index is 3.56. The standard InChI is InChI=1S/C19H20N2/c1-15-7-5-6-10-19(15)21-18-13-11-17(12-14-18)20-16-8-3-2-4-9-16/h2-15,19-21H,1H3. The number of allylic oxidation sites excluding steroid dienone is 2. The summed E-state index contributed by atoms with van der Waals surface area (Å²) in [6.07, 6.45) is 8.64. The highest BCUT2D eigenvalue weighted by Crippen LogP contribution is 2.21. The van der Waals surface area contributed by atoms with Gasteiger partial charge in [-0.05, 0) is 42.3 Å². The van der Waals surface area contributed by atoms with Crippen LogP contribution in [0.15, 0.2) is 78.9 Å². The molecule has 0 fully saturated rings. The number of para-hydroxylation sites is 1. The number of hydrogen-bond donors (Lipinski definition) is 2. The Balaban J connectivity index is 1.64. The quantitative estimate of drug-likeness (QED) is 0.823. The third-order valence-corrected chi connectivity index (χ3v) is 3.69. The minimum absolute atomic E-state index is 0.364. The van der Waals surface area contributed by atoms with Gasteiger partial charge in [0.2, 0.25) is 0 Å². The molecule has 2 aromatic carbocycles. The zero-order valence-electron chi connectivity index (χ0n) is 12.2. The van der Waals surface area contributed by atoms with E-state index in [2.05, 4.69) is 78.3 Å². The Hall–Kier alpha value is -2.48. The summed E-state index contributed by atoms with van der Waals surface area (Å²) in [7, 11) is 0. The molecule has 2 unspecified atom stereocenters. The van der Waals surface area contributed by atoms with Crippen LogP contribution >= 0.6 is 0 Å². The average Bonchev–Trinajstić information content (AvgIpc) is 2.52. The van der Waals surface area contributed by atoms with Gasteiger partial charge in [-0.2, -0.15) is 0 Å². The molecule has 3 rings (SSSR count). The molecule has 0 radical (unpaired) electrons. The minimum Gasteiger partial charge on any atom is -0.378 e. The van der Waals surface area contributed by atoms with Gasteiger partial charge in [-0.15, -0.1) is 0 Å². The first kappa shape index (κ1) is 13.5. The van der Waals surface area contributed by atoms with E-state index in [-0.39, 0.29) is 0 Å². The summed E-state index contributed by atoms with van der Waals surface area (Å²) in [5, 5.41) is 6.95. The molecule has 106 valence electrons. The van der Waals surface area contributed by atoms with Gasteiger partial charge in [0.05, 0.1) is 6.04 Å². The van der Waals surface area contributed by atoms with Gasteiger partial charge in [-0.25, -0.2) is 0 Å². The van der Waals surface area contributed by atoms with Crippen molar-refractivity contribution >= 4 is 17.1 Å². The molecule has 0 aliphatic heterocycles. The van der Waals surface area contributed by atoms with Crippen molar-refractivity contribution in [2.75, 3.05) is 10.6 Å². The first-order valence-corrected chi connectivity index (χ1v) is 7.35. The lowest BCUT2D eigenvalue weighted by atomic mass is 9.97. The predicted octanol–water partition coefficient (Wildman–Crippen LogP) is 4.97. The number of rotatable bonds is 4. The number of hydrogen-bond acceptors (Lipinski definition) is 2. The number of nitrogens with one attached hydrogen (secondary N) is 2. The van der Waals surface area contributed by atoms with E-state index in [1.54, 1.807) is 0 Å². The van der Waals surface area contributed by atoms with Crippen molar-refractivity contribution in [1.29, 1.82) is 0 Å². The highest BCUT2D eigenvalue weighted by molar-refractivity contribution is 5.62. The Morgan fingerprint density at radius 1 is 0.714 bits per heavy atom. The molecule has 2 atom stereocenters. The number of anilines is 3. The lowest BCUT2D eigenvalue weighted by molar-refractivity contribution is 0.660. The van der Waals surface area contributed by atoms with Gasteiger partial charge in [0.15, 0.2) is 0 Å². The third-order valence-electron chi connectivity index (χ3n) is 3.69. The lowest BCUT2D eigenvalue weighted by Gasteiger charge is -2.23. The predicted molar refractivity (Wildman–Crippen MR) is 91.0 cm³/mol. The van der Waals surface area contributed by atoms with Gasteiger partial charge >= 0.3 is 0 Å². The fraction of sp³-hybridized carbons (Fsp3) is 0.158. The molecular weight excluding hydrogens is 256 g/mol. The zero-order chi connectivity index (χ0) is 14.5. The van der Waals surface area contributed by atoms with Crippen LogP contribution in [0.1, 0.15) is 6.92 Å². The first-order valence-electron chi connectivity index (χ1n) is 7.35. The minimum atomic E-state index is 0.364. The number of benzene rings is 2. The van der Waals surface area contributed by atoms with E-state index in [0.29, 0.717) is 12.0 Å². The molecule has 0 bridgehead atoms. The zero-order valence-corrected chi connectivity index (χ0v) is 12.2. The Bertz CT molecular complexity index is 626. The molecule has 0 heterocycles. The van der Waals surface area contributed by atoms with Crippen molar-refractivity contribution in [3.63, 3.8) is 0 Å². The van der Waals surface area contributed by atoms with Crippen LogP contribution in [-0.2, 0) is 0 Å². The van der Waals surface area contributed by atoms with Gasteiger partial charge < -0.3 is 10.6 Å². The van der Waals surface area contributed by atoms with Gasteiger partial charge in [0.25, 0.3) is 0 Å². The van der Waals surface area contributed by atoms with E-state index >= 15 is 0 Å². The molecule has 0 amide bonds. The fourth-order valence-corrected chi connectivity index (χ4v) is 2.43. The SMILES string of the molecule is CC1C=CC=CC1Nc1ccc(Nc2ccccc2)cc1. The highest BCUT2D eigenvalue weighted by atomic mass is 14.9.